The fourth-order valence-electron chi connectivity index (χ4n) is 0.829. The maximum absolute atomic E-state index is 5.77. The molecule has 3 nitrogen and oxygen atoms in total. The molecule has 0 fully saturated rings. The predicted molar refractivity (Wildman–Crippen MR) is 46.0 cm³/mol. The highest BCUT2D eigenvalue weighted by Gasteiger charge is 2.09. The Morgan fingerprint density at radius 3 is 2.55 bits per heavy atom. The van der Waals surface area contributed by atoms with Crippen LogP contribution in [0.5, 0.6) is 0 Å². The van der Waals surface area contributed by atoms with E-state index in [2.05, 4.69) is 10.3 Å². The van der Waals surface area contributed by atoms with Crippen LogP contribution in [-0.4, -0.2) is 16.6 Å². The van der Waals surface area contributed by atoms with Crippen LogP contribution in [0.2, 0.25) is 10.4 Å². The second kappa shape index (κ2) is 3.43. The fourth-order valence-corrected chi connectivity index (χ4v) is 1.33. The Kier molecular flexibility index (Phi) is 2.76. The summed E-state index contributed by atoms with van der Waals surface area (Å²) in [6.07, 6.45) is 0. The Balaban J connectivity index is 3.02. The minimum atomic E-state index is 0.417. The van der Waals surface area contributed by atoms with Crippen molar-refractivity contribution in [3.63, 3.8) is 0 Å². The van der Waals surface area contributed by atoms with Gasteiger partial charge < -0.3 is 9.88 Å². The molecule has 0 atom stereocenters. The molecule has 0 aromatic carbocycles. The van der Waals surface area contributed by atoms with Gasteiger partial charge in [-0.1, -0.05) is 11.6 Å². The van der Waals surface area contributed by atoms with Crippen LogP contribution in [0.1, 0.15) is 5.69 Å². The Hall–Kier alpha value is -0.250. The van der Waals surface area contributed by atoms with Crippen LogP contribution in [-0.2, 0) is 13.6 Å². The molecule has 0 aliphatic carbocycles. The molecule has 5 heteroatoms. The zero-order valence-electron chi connectivity index (χ0n) is 6.36. The van der Waals surface area contributed by atoms with Crippen molar-refractivity contribution in [2.45, 2.75) is 6.54 Å². The first-order valence-electron chi connectivity index (χ1n) is 3.18. The topological polar surface area (TPSA) is 29.9 Å². The highest BCUT2D eigenvalue weighted by atomic mass is 35.5. The lowest BCUT2D eigenvalue weighted by Gasteiger charge is -2.00. The number of nitrogens with zero attached hydrogens (tertiary/aromatic N) is 2. The number of halogens is 2. The molecule has 1 aromatic heterocycles. The summed E-state index contributed by atoms with van der Waals surface area (Å²) in [7, 11) is 3.67. The van der Waals surface area contributed by atoms with Crippen LogP contribution in [0.15, 0.2) is 0 Å². The molecule has 0 unspecified atom stereocenters. The smallest absolute Gasteiger partial charge is 0.204 e. The Morgan fingerprint density at radius 1 is 1.55 bits per heavy atom. The summed E-state index contributed by atoms with van der Waals surface area (Å²) >= 11 is 11.5. The lowest BCUT2D eigenvalue weighted by molar-refractivity contribution is 0.735. The first kappa shape index (κ1) is 8.84. The first-order chi connectivity index (χ1) is 5.16. The number of rotatable bonds is 2. The van der Waals surface area contributed by atoms with Crippen molar-refractivity contribution >= 4 is 23.2 Å². The van der Waals surface area contributed by atoms with Crippen molar-refractivity contribution in [3.8, 4) is 0 Å². The average Bonchev–Trinajstić information content (AvgIpc) is 2.17. The standard InChI is InChI=1S/C6H9Cl2N3/c1-9-3-4-5(7)10-6(8)11(4)2/h9H,3H2,1-2H3. The number of imidazole rings is 1. The fraction of sp³-hybridized carbons (Fsp3) is 0.500. The zero-order valence-corrected chi connectivity index (χ0v) is 7.87. The lowest BCUT2D eigenvalue weighted by atomic mass is 10.5. The molecule has 0 amide bonds. The third kappa shape index (κ3) is 1.67. The van der Waals surface area contributed by atoms with Gasteiger partial charge in [-0.3, -0.25) is 0 Å². The van der Waals surface area contributed by atoms with E-state index in [0.717, 1.165) is 5.69 Å². The van der Waals surface area contributed by atoms with E-state index in [-0.39, 0.29) is 0 Å². The predicted octanol–water partition coefficient (Wildman–Crippen LogP) is 1.45. The highest BCUT2D eigenvalue weighted by molar-refractivity contribution is 6.32. The van der Waals surface area contributed by atoms with Crippen molar-refractivity contribution in [1.82, 2.24) is 14.9 Å². The summed E-state index contributed by atoms with van der Waals surface area (Å²) in [6, 6.07) is 0. The normalized spacial score (nSPS) is 10.5. The van der Waals surface area contributed by atoms with Crippen molar-refractivity contribution in [2.24, 2.45) is 7.05 Å². The Labute approximate surface area is 75.3 Å². The van der Waals surface area contributed by atoms with E-state index in [1.54, 1.807) is 4.57 Å². The second-order valence-corrected chi connectivity index (χ2v) is 2.90. The zero-order chi connectivity index (χ0) is 8.43. The van der Waals surface area contributed by atoms with Gasteiger partial charge >= 0.3 is 0 Å². The van der Waals surface area contributed by atoms with Crippen LogP contribution in [0.4, 0.5) is 0 Å². The van der Waals surface area contributed by atoms with Gasteiger partial charge in [0.15, 0.2) is 5.15 Å². The molecular formula is C6H9Cl2N3. The van der Waals surface area contributed by atoms with Crippen molar-refractivity contribution in [2.75, 3.05) is 7.05 Å². The average molecular weight is 194 g/mol. The van der Waals surface area contributed by atoms with Crippen molar-refractivity contribution in [1.29, 1.82) is 0 Å². The van der Waals surface area contributed by atoms with Gasteiger partial charge in [-0.15, -0.1) is 0 Å². The van der Waals surface area contributed by atoms with E-state index < -0.39 is 0 Å². The molecule has 1 N–H and O–H groups in total. The minimum absolute atomic E-state index is 0.417. The van der Waals surface area contributed by atoms with Gasteiger partial charge in [-0.05, 0) is 18.6 Å². The number of aromatic nitrogens is 2. The maximum atomic E-state index is 5.77. The van der Waals surface area contributed by atoms with Crippen LogP contribution in [0.3, 0.4) is 0 Å². The third-order valence-electron chi connectivity index (χ3n) is 1.45. The summed E-state index contributed by atoms with van der Waals surface area (Å²) in [5.74, 6) is 0. The van der Waals surface area contributed by atoms with Crippen LogP contribution >= 0.6 is 23.2 Å². The number of nitrogens with one attached hydrogen (secondary N) is 1. The van der Waals surface area contributed by atoms with E-state index >= 15 is 0 Å². The SMILES string of the molecule is CNCc1c(Cl)nc(Cl)n1C. The van der Waals surface area contributed by atoms with Gasteiger partial charge in [0.2, 0.25) is 5.28 Å². The molecule has 0 radical (unpaired) electrons. The monoisotopic (exact) mass is 193 g/mol. The van der Waals surface area contributed by atoms with Crippen molar-refractivity contribution < 1.29 is 0 Å². The molecule has 1 rings (SSSR count). The Bertz CT molecular complexity index is 257. The summed E-state index contributed by atoms with van der Waals surface area (Å²) in [5, 5.41) is 3.86. The van der Waals surface area contributed by atoms with Gasteiger partial charge in [0.25, 0.3) is 0 Å². The van der Waals surface area contributed by atoms with Crippen LogP contribution in [0, 0.1) is 0 Å². The van der Waals surface area contributed by atoms with Gasteiger partial charge in [0.1, 0.15) is 0 Å². The summed E-state index contributed by atoms with van der Waals surface area (Å²) in [5.41, 5.74) is 0.902. The molecular weight excluding hydrogens is 185 g/mol. The van der Waals surface area contributed by atoms with Gasteiger partial charge in [0.05, 0.1) is 5.69 Å². The molecule has 62 valence electrons. The maximum Gasteiger partial charge on any atom is 0.204 e. The highest BCUT2D eigenvalue weighted by Crippen LogP contribution is 2.18. The third-order valence-corrected chi connectivity index (χ3v) is 2.10. The van der Waals surface area contributed by atoms with E-state index in [1.807, 2.05) is 14.1 Å². The molecule has 0 saturated heterocycles. The molecule has 0 aliphatic rings. The minimum Gasteiger partial charge on any atom is -0.319 e. The summed E-state index contributed by atoms with van der Waals surface area (Å²) < 4.78 is 1.75. The number of hydrogen-bond donors (Lipinski definition) is 1. The summed E-state index contributed by atoms with van der Waals surface area (Å²) in [6.45, 7) is 0.676. The van der Waals surface area contributed by atoms with Gasteiger partial charge in [-0.25, -0.2) is 4.98 Å². The van der Waals surface area contributed by atoms with Gasteiger partial charge in [0, 0.05) is 13.6 Å². The summed E-state index contributed by atoms with van der Waals surface area (Å²) in [4.78, 5) is 3.88. The number of hydrogen-bond acceptors (Lipinski definition) is 2. The van der Waals surface area contributed by atoms with E-state index in [1.165, 1.54) is 0 Å². The quantitative estimate of drug-likeness (QED) is 0.771. The van der Waals surface area contributed by atoms with Crippen LogP contribution < -0.4 is 5.32 Å². The largest absolute Gasteiger partial charge is 0.319 e. The molecule has 0 bridgehead atoms. The molecule has 0 aliphatic heterocycles. The first-order valence-corrected chi connectivity index (χ1v) is 3.93. The van der Waals surface area contributed by atoms with Gasteiger partial charge in [-0.2, -0.15) is 0 Å². The molecule has 0 saturated carbocycles. The molecule has 1 heterocycles. The Morgan fingerprint density at radius 2 is 2.18 bits per heavy atom. The van der Waals surface area contributed by atoms with Crippen molar-refractivity contribution in [3.05, 3.63) is 16.1 Å². The molecule has 1 aromatic rings. The van der Waals surface area contributed by atoms with E-state index in [9.17, 15) is 0 Å². The van der Waals surface area contributed by atoms with E-state index in [4.69, 9.17) is 23.2 Å². The van der Waals surface area contributed by atoms with E-state index in [0.29, 0.717) is 17.0 Å². The van der Waals surface area contributed by atoms with Crippen LogP contribution in [0.25, 0.3) is 0 Å². The molecule has 0 spiro atoms. The lowest BCUT2D eigenvalue weighted by Crippen LogP contribution is -2.09. The second-order valence-electron chi connectivity index (χ2n) is 2.21. The molecule has 11 heavy (non-hydrogen) atoms.